The van der Waals surface area contributed by atoms with Crippen molar-refractivity contribution in [1.82, 2.24) is 9.29 Å². The summed E-state index contributed by atoms with van der Waals surface area (Å²) in [5.74, 6) is 0. The van der Waals surface area contributed by atoms with Gasteiger partial charge in [0.05, 0.1) is 21.2 Å². The molecule has 3 aromatic rings. The molecule has 0 saturated carbocycles. The van der Waals surface area contributed by atoms with Crippen LogP contribution in [0.4, 0.5) is 13.2 Å². The average molecular weight is 455 g/mol. The van der Waals surface area contributed by atoms with Crippen LogP contribution >= 0.6 is 11.3 Å². The predicted octanol–water partition coefficient (Wildman–Crippen LogP) is 5.45. The maximum atomic E-state index is 12.9. The zero-order chi connectivity index (χ0) is 21.9. The number of alkyl halides is 3. The van der Waals surface area contributed by atoms with Gasteiger partial charge in [-0.2, -0.15) is 17.5 Å². The number of benzene rings is 2. The molecule has 0 radical (unpaired) electrons. The van der Waals surface area contributed by atoms with Crippen molar-refractivity contribution >= 4 is 21.4 Å². The van der Waals surface area contributed by atoms with Gasteiger partial charge >= 0.3 is 6.18 Å². The van der Waals surface area contributed by atoms with Crippen molar-refractivity contribution in [3.63, 3.8) is 0 Å². The molecule has 0 atom stereocenters. The Morgan fingerprint density at radius 3 is 2.30 bits per heavy atom. The van der Waals surface area contributed by atoms with Crippen molar-refractivity contribution in [2.24, 2.45) is 0 Å². The van der Waals surface area contributed by atoms with Crippen LogP contribution in [0.5, 0.6) is 0 Å². The highest BCUT2D eigenvalue weighted by molar-refractivity contribution is 7.89. The Balaban J connectivity index is 1.78. The molecule has 160 valence electrons. The Bertz CT molecular complexity index is 1100. The highest BCUT2D eigenvalue weighted by Gasteiger charge is 2.30. The maximum Gasteiger partial charge on any atom is 0.416 e. The molecule has 30 heavy (non-hydrogen) atoms. The Morgan fingerprint density at radius 2 is 1.70 bits per heavy atom. The van der Waals surface area contributed by atoms with Crippen LogP contribution in [-0.2, 0) is 22.6 Å². The van der Waals surface area contributed by atoms with Crippen LogP contribution < -0.4 is 0 Å². The SMILES string of the molecule is CCN(CC)S(=O)(=O)c1ccc(-c2csc(Cc3cccc(C(F)(F)F)c3)n2)cc1. The first-order valence-corrected chi connectivity index (χ1v) is 11.7. The third kappa shape index (κ3) is 4.91. The number of hydrogen-bond acceptors (Lipinski definition) is 4. The maximum absolute atomic E-state index is 12.9. The van der Waals surface area contributed by atoms with Crippen molar-refractivity contribution < 1.29 is 21.6 Å². The van der Waals surface area contributed by atoms with Gasteiger partial charge in [-0.3, -0.25) is 0 Å². The van der Waals surface area contributed by atoms with Crippen LogP contribution in [0.15, 0.2) is 58.8 Å². The molecule has 0 N–H and O–H groups in total. The number of nitrogens with zero attached hydrogens (tertiary/aromatic N) is 2. The molecule has 2 aromatic carbocycles. The van der Waals surface area contributed by atoms with Gasteiger partial charge < -0.3 is 0 Å². The molecule has 3 rings (SSSR count). The first-order valence-electron chi connectivity index (χ1n) is 9.36. The van der Waals surface area contributed by atoms with Crippen molar-refractivity contribution in [1.29, 1.82) is 0 Å². The van der Waals surface area contributed by atoms with E-state index in [0.717, 1.165) is 17.7 Å². The first-order chi connectivity index (χ1) is 14.1. The van der Waals surface area contributed by atoms with E-state index in [4.69, 9.17) is 0 Å². The summed E-state index contributed by atoms with van der Waals surface area (Å²) in [5.41, 5.74) is 1.27. The lowest BCUT2D eigenvalue weighted by molar-refractivity contribution is -0.137. The standard InChI is InChI=1S/C21H21F3N2O2S2/c1-3-26(4-2)30(27,28)18-10-8-16(9-11-18)19-14-29-20(25-19)13-15-6-5-7-17(12-15)21(22,23)24/h5-12,14H,3-4,13H2,1-2H3. The number of halogens is 3. The van der Waals surface area contributed by atoms with E-state index in [0.29, 0.717) is 35.8 Å². The minimum absolute atomic E-state index is 0.217. The number of sulfonamides is 1. The minimum Gasteiger partial charge on any atom is -0.241 e. The number of hydrogen-bond donors (Lipinski definition) is 0. The van der Waals surface area contributed by atoms with Gasteiger partial charge in [-0.15, -0.1) is 11.3 Å². The smallest absolute Gasteiger partial charge is 0.241 e. The fourth-order valence-corrected chi connectivity index (χ4v) is 5.36. The fraction of sp³-hybridized carbons (Fsp3) is 0.286. The second kappa shape index (κ2) is 8.87. The number of rotatable bonds is 7. The monoisotopic (exact) mass is 454 g/mol. The van der Waals surface area contributed by atoms with Crippen LogP contribution in [-0.4, -0.2) is 30.8 Å². The first kappa shape index (κ1) is 22.5. The summed E-state index contributed by atoms with van der Waals surface area (Å²) in [6, 6.07) is 11.7. The summed E-state index contributed by atoms with van der Waals surface area (Å²) >= 11 is 1.36. The van der Waals surface area contributed by atoms with Crippen LogP contribution in [0, 0.1) is 0 Å². The lowest BCUT2D eigenvalue weighted by Gasteiger charge is -2.18. The molecule has 0 spiro atoms. The van der Waals surface area contributed by atoms with E-state index < -0.39 is 21.8 Å². The average Bonchev–Trinajstić information content (AvgIpc) is 3.17. The van der Waals surface area contributed by atoms with Crippen molar-refractivity contribution in [2.45, 2.75) is 31.3 Å². The zero-order valence-electron chi connectivity index (χ0n) is 16.5. The van der Waals surface area contributed by atoms with E-state index in [1.165, 1.54) is 21.7 Å². The summed E-state index contributed by atoms with van der Waals surface area (Å²) in [6.07, 6.45) is -4.08. The van der Waals surface area contributed by atoms with Gasteiger partial charge in [-0.1, -0.05) is 44.2 Å². The van der Waals surface area contributed by atoms with E-state index in [1.807, 2.05) is 5.38 Å². The largest absolute Gasteiger partial charge is 0.416 e. The van der Waals surface area contributed by atoms with Crippen LogP contribution in [0.25, 0.3) is 11.3 Å². The number of thiazole rings is 1. The van der Waals surface area contributed by atoms with Crippen molar-refractivity contribution in [3.05, 3.63) is 70.0 Å². The molecule has 0 unspecified atom stereocenters. The van der Waals surface area contributed by atoms with Gasteiger partial charge in [0, 0.05) is 30.5 Å². The number of aromatic nitrogens is 1. The summed E-state index contributed by atoms with van der Waals surface area (Å²) in [7, 11) is -3.53. The van der Waals surface area contributed by atoms with E-state index in [9.17, 15) is 21.6 Å². The molecular weight excluding hydrogens is 433 g/mol. The summed E-state index contributed by atoms with van der Waals surface area (Å²) < 4.78 is 65.2. The topological polar surface area (TPSA) is 50.3 Å². The second-order valence-corrected chi connectivity index (χ2v) is 9.50. The van der Waals surface area contributed by atoms with Gasteiger partial charge in [0.1, 0.15) is 0 Å². The normalized spacial score (nSPS) is 12.5. The van der Waals surface area contributed by atoms with Crippen LogP contribution in [0.2, 0.25) is 0 Å². The third-order valence-electron chi connectivity index (χ3n) is 4.65. The molecule has 0 fully saturated rings. The van der Waals surface area contributed by atoms with Gasteiger partial charge in [0.2, 0.25) is 10.0 Å². The van der Waals surface area contributed by atoms with E-state index >= 15 is 0 Å². The molecule has 0 amide bonds. The molecule has 9 heteroatoms. The third-order valence-corrected chi connectivity index (χ3v) is 7.57. The van der Waals surface area contributed by atoms with Gasteiger partial charge in [0.25, 0.3) is 0 Å². The molecule has 0 bridgehead atoms. The van der Waals surface area contributed by atoms with Crippen molar-refractivity contribution in [2.75, 3.05) is 13.1 Å². The highest BCUT2D eigenvalue weighted by Crippen LogP contribution is 2.31. The van der Waals surface area contributed by atoms with Gasteiger partial charge in [0.15, 0.2) is 0 Å². The van der Waals surface area contributed by atoms with E-state index in [2.05, 4.69) is 4.98 Å². The Kier molecular flexibility index (Phi) is 6.64. The second-order valence-electron chi connectivity index (χ2n) is 6.62. The summed E-state index contributed by atoms with van der Waals surface area (Å²) in [5, 5.41) is 2.50. The minimum atomic E-state index is -4.38. The van der Waals surface area contributed by atoms with Gasteiger partial charge in [-0.05, 0) is 23.8 Å². The van der Waals surface area contributed by atoms with E-state index in [1.54, 1.807) is 44.2 Å². The lowest BCUT2D eigenvalue weighted by Crippen LogP contribution is -2.30. The quantitative estimate of drug-likeness (QED) is 0.477. The lowest BCUT2D eigenvalue weighted by atomic mass is 10.1. The highest BCUT2D eigenvalue weighted by atomic mass is 32.2. The Labute approximate surface area is 178 Å². The molecule has 0 saturated heterocycles. The fourth-order valence-electron chi connectivity index (χ4n) is 3.07. The molecule has 0 aliphatic carbocycles. The Hall–Kier alpha value is -2.23. The molecule has 0 aliphatic heterocycles. The zero-order valence-corrected chi connectivity index (χ0v) is 18.1. The van der Waals surface area contributed by atoms with Crippen molar-refractivity contribution in [3.8, 4) is 11.3 Å². The van der Waals surface area contributed by atoms with Crippen LogP contribution in [0.3, 0.4) is 0 Å². The Morgan fingerprint density at radius 1 is 1.03 bits per heavy atom. The molecule has 0 aliphatic rings. The molecular formula is C21H21F3N2O2S2. The molecule has 1 heterocycles. The van der Waals surface area contributed by atoms with Gasteiger partial charge in [-0.25, -0.2) is 13.4 Å². The molecule has 1 aromatic heterocycles. The summed E-state index contributed by atoms with van der Waals surface area (Å²) in [6.45, 7) is 4.37. The van der Waals surface area contributed by atoms with Crippen LogP contribution in [0.1, 0.15) is 30.0 Å². The molecule has 4 nitrogen and oxygen atoms in total. The van der Waals surface area contributed by atoms with E-state index in [-0.39, 0.29) is 4.90 Å². The summed E-state index contributed by atoms with van der Waals surface area (Å²) in [4.78, 5) is 4.72. The predicted molar refractivity (Wildman–Crippen MR) is 112 cm³/mol.